The van der Waals surface area contributed by atoms with Gasteiger partial charge >= 0.3 is 5.63 Å². The Balaban J connectivity index is 1.55. The fourth-order valence-electron chi connectivity index (χ4n) is 4.01. The van der Waals surface area contributed by atoms with Crippen molar-refractivity contribution >= 4 is 16.9 Å². The molecule has 4 rings (SSSR count). The highest BCUT2D eigenvalue weighted by Crippen LogP contribution is 2.53. The van der Waals surface area contributed by atoms with Gasteiger partial charge in [0.1, 0.15) is 11.3 Å². The molecule has 1 unspecified atom stereocenters. The number of hydrogen-bond donors (Lipinski definition) is 1. The smallest absolute Gasteiger partial charge is 0.336 e. The van der Waals surface area contributed by atoms with Crippen LogP contribution in [0.1, 0.15) is 57.1 Å². The maximum Gasteiger partial charge on any atom is 0.336 e. The third kappa shape index (κ3) is 3.47. The second-order valence-corrected chi connectivity index (χ2v) is 8.09. The number of fused-ring (bicyclic) bond motifs is 1. The van der Waals surface area contributed by atoms with Crippen molar-refractivity contribution in [2.24, 2.45) is 5.92 Å². The van der Waals surface area contributed by atoms with E-state index in [9.17, 15) is 9.59 Å². The molecule has 1 atom stereocenters. The number of rotatable bonds is 7. The minimum atomic E-state index is -0.595. The molecule has 1 aromatic heterocycles. The standard InChI is InChI=1S/C22H27NO4/c1-4-5-15-12-19(24)27-20-13(2)18(9-8-17(15)20)26-14(3)21(25)23-22(10-11-22)16-6-7-16/h8-9,12,14,16H,4-7,10-11H2,1-3H3,(H,23,25). The molecule has 1 N–H and O–H groups in total. The van der Waals surface area contributed by atoms with Crippen LogP contribution in [-0.2, 0) is 11.2 Å². The van der Waals surface area contributed by atoms with Crippen molar-refractivity contribution in [3.8, 4) is 5.75 Å². The van der Waals surface area contributed by atoms with Crippen LogP contribution in [0.2, 0.25) is 0 Å². The highest BCUT2D eigenvalue weighted by molar-refractivity contribution is 5.86. The van der Waals surface area contributed by atoms with Gasteiger partial charge in [0.15, 0.2) is 6.10 Å². The van der Waals surface area contributed by atoms with Crippen molar-refractivity contribution in [3.05, 3.63) is 39.7 Å². The lowest BCUT2D eigenvalue weighted by molar-refractivity contribution is -0.128. The van der Waals surface area contributed by atoms with Gasteiger partial charge in [-0.15, -0.1) is 0 Å². The van der Waals surface area contributed by atoms with Crippen LogP contribution in [-0.4, -0.2) is 17.6 Å². The van der Waals surface area contributed by atoms with Crippen LogP contribution < -0.4 is 15.7 Å². The molecule has 0 bridgehead atoms. The van der Waals surface area contributed by atoms with E-state index in [0.29, 0.717) is 17.3 Å². The molecular formula is C22H27NO4. The van der Waals surface area contributed by atoms with Crippen molar-refractivity contribution in [1.82, 2.24) is 5.32 Å². The Morgan fingerprint density at radius 1 is 1.37 bits per heavy atom. The molecule has 2 aliphatic carbocycles. The average Bonchev–Trinajstić information content (AvgIpc) is 3.51. The Morgan fingerprint density at radius 2 is 2.11 bits per heavy atom. The second-order valence-electron chi connectivity index (χ2n) is 8.09. The Labute approximate surface area is 159 Å². The van der Waals surface area contributed by atoms with Crippen molar-refractivity contribution in [1.29, 1.82) is 0 Å². The normalized spacial score (nSPS) is 18.9. The van der Waals surface area contributed by atoms with Gasteiger partial charge in [-0.3, -0.25) is 4.79 Å². The van der Waals surface area contributed by atoms with Crippen LogP contribution in [0, 0.1) is 12.8 Å². The lowest BCUT2D eigenvalue weighted by Crippen LogP contribution is -2.45. The van der Waals surface area contributed by atoms with E-state index >= 15 is 0 Å². The summed E-state index contributed by atoms with van der Waals surface area (Å²) in [5.74, 6) is 1.17. The van der Waals surface area contributed by atoms with Gasteiger partial charge in [0.05, 0.1) is 0 Å². The van der Waals surface area contributed by atoms with E-state index in [0.717, 1.165) is 42.2 Å². The zero-order valence-corrected chi connectivity index (χ0v) is 16.3. The fraction of sp³-hybridized carbons (Fsp3) is 0.545. The quantitative estimate of drug-likeness (QED) is 0.752. The first-order valence-corrected chi connectivity index (χ1v) is 9.98. The first-order valence-electron chi connectivity index (χ1n) is 9.98. The first kappa shape index (κ1) is 18.1. The number of hydrogen-bond acceptors (Lipinski definition) is 4. The summed E-state index contributed by atoms with van der Waals surface area (Å²) in [5, 5.41) is 4.14. The number of aryl methyl sites for hydroxylation is 2. The lowest BCUT2D eigenvalue weighted by Gasteiger charge is -2.21. The molecule has 0 saturated heterocycles. The van der Waals surface area contributed by atoms with Gasteiger partial charge in [-0.2, -0.15) is 0 Å². The summed E-state index contributed by atoms with van der Waals surface area (Å²) in [4.78, 5) is 24.5. The van der Waals surface area contributed by atoms with E-state index in [1.807, 2.05) is 19.1 Å². The summed E-state index contributed by atoms with van der Waals surface area (Å²) in [5.41, 5.74) is 1.98. The topological polar surface area (TPSA) is 68.5 Å². The number of ether oxygens (including phenoxy) is 1. The SMILES string of the molecule is CCCc1cc(=O)oc2c(C)c(OC(C)C(=O)NC3(C4CC4)CC3)ccc12. The Morgan fingerprint density at radius 3 is 2.74 bits per heavy atom. The summed E-state index contributed by atoms with van der Waals surface area (Å²) in [6, 6.07) is 5.35. The summed E-state index contributed by atoms with van der Waals surface area (Å²) < 4.78 is 11.4. The van der Waals surface area contributed by atoms with Gasteiger partial charge in [0, 0.05) is 22.6 Å². The van der Waals surface area contributed by atoms with Gasteiger partial charge in [0.25, 0.3) is 5.91 Å². The molecule has 2 fully saturated rings. The molecule has 0 spiro atoms. The predicted molar refractivity (Wildman–Crippen MR) is 104 cm³/mol. The van der Waals surface area contributed by atoms with Crippen LogP contribution in [0.15, 0.2) is 27.4 Å². The number of carbonyl (C=O) groups is 1. The summed E-state index contributed by atoms with van der Waals surface area (Å²) in [6.07, 6.45) is 5.78. The van der Waals surface area contributed by atoms with Crippen LogP contribution >= 0.6 is 0 Å². The summed E-state index contributed by atoms with van der Waals surface area (Å²) >= 11 is 0. The van der Waals surface area contributed by atoms with Crippen LogP contribution in [0.3, 0.4) is 0 Å². The maximum absolute atomic E-state index is 12.6. The van der Waals surface area contributed by atoms with Crippen LogP contribution in [0.5, 0.6) is 5.75 Å². The molecule has 27 heavy (non-hydrogen) atoms. The Kier molecular flexibility index (Phi) is 4.49. The van der Waals surface area contributed by atoms with E-state index in [1.165, 1.54) is 12.8 Å². The van der Waals surface area contributed by atoms with Crippen molar-refractivity contribution < 1.29 is 13.9 Å². The number of carbonyl (C=O) groups excluding carboxylic acids is 1. The predicted octanol–water partition coefficient (Wildman–Crippen LogP) is 3.88. The van der Waals surface area contributed by atoms with E-state index in [-0.39, 0.29) is 17.1 Å². The van der Waals surface area contributed by atoms with Gasteiger partial charge in [-0.05, 0) is 69.6 Å². The minimum absolute atomic E-state index is 0.0367. The minimum Gasteiger partial charge on any atom is -0.480 e. The lowest BCUT2D eigenvalue weighted by atomic mass is 10.0. The van der Waals surface area contributed by atoms with Crippen molar-refractivity contribution in [2.75, 3.05) is 0 Å². The van der Waals surface area contributed by atoms with Crippen molar-refractivity contribution in [2.45, 2.75) is 70.9 Å². The number of amides is 1. The first-order chi connectivity index (χ1) is 12.9. The molecule has 5 heteroatoms. The Bertz CT molecular complexity index is 937. The third-order valence-corrected chi connectivity index (χ3v) is 5.91. The highest BCUT2D eigenvalue weighted by Gasteiger charge is 2.55. The molecule has 2 aromatic rings. The molecule has 0 radical (unpaired) electrons. The maximum atomic E-state index is 12.6. The molecule has 5 nitrogen and oxygen atoms in total. The fourth-order valence-corrected chi connectivity index (χ4v) is 4.01. The van der Waals surface area contributed by atoms with Crippen LogP contribution in [0.4, 0.5) is 0 Å². The van der Waals surface area contributed by atoms with E-state index in [1.54, 1.807) is 13.0 Å². The van der Waals surface area contributed by atoms with E-state index < -0.39 is 6.10 Å². The van der Waals surface area contributed by atoms with E-state index in [4.69, 9.17) is 9.15 Å². The second kappa shape index (κ2) is 6.70. The van der Waals surface area contributed by atoms with Gasteiger partial charge in [0.2, 0.25) is 0 Å². The summed E-state index contributed by atoms with van der Waals surface area (Å²) in [6.45, 7) is 5.72. The molecule has 0 aliphatic heterocycles. The van der Waals surface area contributed by atoms with Crippen LogP contribution in [0.25, 0.3) is 11.0 Å². The molecule has 2 saturated carbocycles. The molecule has 1 aromatic carbocycles. The van der Waals surface area contributed by atoms with Gasteiger partial charge in [-0.25, -0.2) is 4.79 Å². The van der Waals surface area contributed by atoms with Gasteiger partial charge in [-0.1, -0.05) is 13.3 Å². The number of benzene rings is 1. The van der Waals surface area contributed by atoms with Gasteiger partial charge < -0.3 is 14.5 Å². The largest absolute Gasteiger partial charge is 0.480 e. The monoisotopic (exact) mass is 369 g/mol. The Hall–Kier alpha value is -2.30. The molecular weight excluding hydrogens is 342 g/mol. The zero-order valence-electron chi connectivity index (χ0n) is 16.3. The van der Waals surface area contributed by atoms with Crippen molar-refractivity contribution in [3.63, 3.8) is 0 Å². The van der Waals surface area contributed by atoms with E-state index in [2.05, 4.69) is 12.2 Å². The molecule has 1 heterocycles. The molecule has 144 valence electrons. The molecule has 1 amide bonds. The summed E-state index contributed by atoms with van der Waals surface area (Å²) in [7, 11) is 0. The molecule has 2 aliphatic rings. The zero-order chi connectivity index (χ0) is 19.2. The average molecular weight is 369 g/mol. The third-order valence-electron chi connectivity index (χ3n) is 5.91. The number of nitrogens with one attached hydrogen (secondary N) is 1. The highest BCUT2D eigenvalue weighted by atomic mass is 16.5.